The molecule has 1 aliphatic heterocycles. The largest absolute Gasteiger partial charge is 0.444 e. The number of benzene rings is 1. The molecule has 1 aliphatic rings. The Morgan fingerprint density at radius 2 is 2.18 bits per heavy atom. The van der Waals surface area contributed by atoms with Gasteiger partial charge in [0.05, 0.1) is 15.8 Å². The van der Waals surface area contributed by atoms with Crippen molar-refractivity contribution in [3.63, 3.8) is 0 Å². The molecule has 0 spiro atoms. The first-order chi connectivity index (χ1) is 10.2. The van der Waals surface area contributed by atoms with Crippen LogP contribution in [0.1, 0.15) is 27.2 Å². The third-order valence-corrected chi connectivity index (χ3v) is 3.90. The second-order valence-electron chi connectivity index (χ2n) is 6.41. The van der Waals surface area contributed by atoms with Crippen molar-refractivity contribution in [2.75, 3.05) is 24.1 Å². The maximum absolute atomic E-state index is 13.4. The van der Waals surface area contributed by atoms with Gasteiger partial charge in [0.25, 0.3) is 0 Å². The molecule has 2 rings (SSSR count). The molecule has 1 atom stereocenters. The molecule has 1 aromatic carbocycles. The number of hydrogen-bond acceptors (Lipinski definition) is 4. The van der Waals surface area contributed by atoms with E-state index in [4.69, 9.17) is 10.5 Å². The zero-order chi connectivity index (χ0) is 16.5. The lowest BCUT2D eigenvalue weighted by atomic mass is 10.2. The Hall–Kier alpha value is -1.50. The highest BCUT2D eigenvalue weighted by Crippen LogP contribution is 2.28. The van der Waals surface area contributed by atoms with Crippen LogP contribution in [0.4, 0.5) is 20.6 Å². The van der Waals surface area contributed by atoms with Crippen LogP contribution in [0.2, 0.25) is 0 Å². The van der Waals surface area contributed by atoms with Crippen LogP contribution in [0, 0.1) is 5.82 Å². The molecule has 1 amide bonds. The number of nitrogen functional groups attached to an aromatic ring is 1. The topological polar surface area (TPSA) is 67.6 Å². The van der Waals surface area contributed by atoms with Gasteiger partial charge in [0, 0.05) is 25.2 Å². The van der Waals surface area contributed by atoms with E-state index in [1.807, 2.05) is 20.8 Å². The van der Waals surface area contributed by atoms with Crippen molar-refractivity contribution < 1.29 is 13.9 Å². The highest BCUT2D eigenvalue weighted by molar-refractivity contribution is 9.10. The standard InChI is InChI=1S/C15H21BrFN3O2/c1-15(2,3)22-14(21)20-5-4-9(8-20)19-13-6-10(16)11(17)7-12(13)18/h6-7,9,19H,4-5,8,18H2,1-3H3. The first-order valence-electron chi connectivity index (χ1n) is 7.14. The SMILES string of the molecule is CC(C)(C)OC(=O)N1CCC(Nc2cc(Br)c(F)cc2N)C1. The summed E-state index contributed by atoms with van der Waals surface area (Å²) >= 11 is 3.14. The summed E-state index contributed by atoms with van der Waals surface area (Å²) < 4.78 is 19.1. The maximum Gasteiger partial charge on any atom is 0.410 e. The lowest BCUT2D eigenvalue weighted by Crippen LogP contribution is -2.36. The minimum atomic E-state index is -0.505. The average molecular weight is 374 g/mol. The van der Waals surface area contributed by atoms with Gasteiger partial charge in [-0.25, -0.2) is 9.18 Å². The number of carbonyl (C=O) groups is 1. The summed E-state index contributed by atoms with van der Waals surface area (Å²) in [6.45, 7) is 6.67. The number of carbonyl (C=O) groups excluding carboxylic acids is 1. The fourth-order valence-corrected chi connectivity index (χ4v) is 2.62. The predicted octanol–water partition coefficient (Wildman–Crippen LogP) is 3.59. The lowest BCUT2D eigenvalue weighted by molar-refractivity contribution is 0.0293. The molecule has 0 aromatic heterocycles. The van der Waals surface area contributed by atoms with Crippen LogP contribution in [-0.4, -0.2) is 35.7 Å². The molecule has 1 unspecified atom stereocenters. The number of rotatable bonds is 2. The number of anilines is 2. The van der Waals surface area contributed by atoms with Crippen LogP contribution in [0.3, 0.4) is 0 Å². The molecular formula is C15H21BrFN3O2. The van der Waals surface area contributed by atoms with E-state index >= 15 is 0 Å². The quantitative estimate of drug-likeness (QED) is 0.777. The average Bonchev–Trinajstić information content (AvgIpc) is 2.82. The Bertz CT molecular complexity index is 575. The van der Waals surface area contributed by atoms with Gasteiger partial charge in [-0.2, -0.15) is 0 Å². The van der Waals surface area contributed by atoms with E-state index in [9.17, 15) is 9.18 Å². The van der Waals surface area contributed by atoms with Crippen LogP contribution in [0.5, 0.6) is 0 Å². The van der Waals surface area contributed by atoms with E-state index in [1.165, 1.54) is 6.07 Å². The van der Waals surface area contributed by atoms with E-state index in [0.29, 0.717) is 28.9 Å². The molecule has 0 saturated carbocycles. The number of amides is 1. The first-order valence-corrected chi connectivity index (χ1v) is 7.94. The monoisotopic (exact) mass is 373 g/mol. The molecule has 1 fully saturated rings. The van der Waals surface area contributed by atoms with E-state index in [2.05, 4.69) is 21.2 Å². The van der Waals surface area contributed by atoms with E-state index in [1.54, 1.807) is 11.0 Å². The summed E-state index contributed by atoms with van der Waals surface area (Å²) in [6.07, 6.45) is 0.471. The lowest BCUT2D eigenvalue weighted by Gasteiger charge is -2.24. The zero-order valence-corrected chi connectivity index (χ0v) is 14.5. The molecule has 22 heavy (non-hydrogen) atoms. The fourth-order valence-electron chi connectivity index (χ4n) is 2.28. The fraction of sp³-hybridized carbons (Fsp3) is 0.533. The molecule has 1 heterocycles. The van der Waals surface area contributed by atoms with Crippen molar-refractivity contribution in [2.24, 2.45) is 0 Å². The number of halogens is 2. The van der Waals surface area contributed by atoms with Crippen molar-refractivity contribution in [3.8, 4) is 0 Å². The Kier molecular flexibility index (Phi) is 4.84. The summed E-state index contributed by atoms with van der Waals surface area (Å²) in [5.74, 6) is -0.398. The molecule has 7 heteroatoms. The molecule has 0 bridgehead atoms. The molecule has 0 radical (unpaired) electrons. The molecular weight excluding hydrogens is 353 g/mol. The molecule has 1 saturated heterocycles. The Morgan fingerprint density at radius 3 is 2.82 bits per heavy atom. The minimum Gasteiger partial charge on any atom is -0.444 e. The zero-order valence-electron chi connectivity index (χ0n) is 13.0. The first kappa shape index (κ1) is 16.9. The van der Waals surface area contributed by atoms with Gasteiger partial charge in [-0.3, -0.25) is 0 Å². The smallest absolute Gasteiger partial charge is 0.410 e. The van der Waals surface area contributed by atoms with Gasteiger partial charge >= 0.3 is 6.09 Å². The number of likely N-dealkylation sites (tertiary alicyclic amines) is 1. The third-order valence-electron chi connectivity index (χ3n) is 3.29. The molecule has 3 N–H and O–H groups in total. The van der Waals surface area contributed by atoms with Crippen LogP contribution >= 0.6 is 15.9 Å². The van der Waals surface area contributed by atoms with E-state index < -0.39 is 11.4 Å². The highest BCUT2D eigenvalue weighted by Gasteiger charge is 2.30. The Labute approximate surface area is 138 Å². The van der Waals surface area contributed by atoms with Crippen molar-refractivity contribution in [1.29, 1.82) is 0 Å². The second kappa shape index (κ2) is 6.32. The van der Waals surface area contributed by atoms with Crippen LogP contribution < -0.4 is 11.1 Å². The van der Waals surface area contributed by atoms with Crippen molar-refractivity contribution in [3.05, 3.63) is 22.4 Å². The van der Waals surface area contributed by atoms with Gasteiger partial charge in [-0.1, -0.05) is 0 Å². The third kappa shape index (κ3) is 4.25. The van der Waals surface area contributed by atoms with E-state index in [0.717, 1.165) is 6.42 Å². The van der Waals surface area contributed by atoms with Crippen molar-refractivity contribution in [1.82, 2.24) is 4.90 Å². The normalized spacial score (nSPS) is 18.4. The Morgan fingerprint density at radius 1 is 1.50 bits per heavy atom. The van der Waals surface area contributed by atoms with Gasteiger partial charge in [0.1, 0.15) is 11.4 Å². The predicted molar refractivity (Wildman–Crippen MR) is 88.3 cm³/mol. The number of ether oxygens (including phenoxy) is 1. The number of nitrogens with two attached hydrogens (primary N) is 1. The Balaban J connectivity index is 1.97. The van der Waals surface area contributed by atoms with Crippen LogP contribution in [0.25, 0.3) is 0 Å². The van der Waals surface area contributed by atoms with Crippen LogP contribution in [0.15, 0.2) is 16.6 Å². The van der Waals surface area contributed by atoms with Gasteiger partial charge in [-0.05, 0) is 49.2 Å². The summed E-state index contributed by atoms with van der Waals surface area (Å²) in [7, 11) is 0. The minimum absolute atomic E-state index is 0.0622. The maximum atomic E-state index is 13.4. The molecule has 122 valence electrons. The van der Waals surface area contributed by atoms with Crippen molar-refractivity contribution >= 4 is 33.4 Å². The van der Waals surface area contributed by atoms with Gasteiger partial charge < -0.3 is 20.7 Å². The number of nitrogens with zero attached hydrogens (tertiary/aromatic N) is 1. The van der Waals surface area contributed by atoms with Gasteiger partial charge in [0.2, 0.25) is 0 Å². The highest BCUT2D eigenvalue weighted by atomic mass is 79.9. The second-order valence-corrected chi connectivity index (χ2v) is 7.26. The molecule has 5 nitrogen and oxygen atoms in total. The van der Waals surface area contributed by atoms with Gasteiger partial charge in [0.15, 0.2) is 0 Å². The molecule has 0 aliphatic carbocycles. The van der Waals surface area contributed by atoms with E-state index in [-0.39, 0.29) is 12.1 Å². The van der Waals surface area contributed by atoms with Crippen molar-refractivity contribution in [2.45, 2.75) is 38.8 Å². The number of nitrogens with one attached hydrogen (secondary N) is 1. The van der Waals surface area contributed by atoms with Crippen LogP contribution in [-0.2, 0) is 4.74 Å². The number of hydrogen-bond donors (Lipinski definition) is 2. The summed E-state index contributed by atoms with van der Waals surface area (Å²) in [4.78, 5) is 13.7. The summed E-state index contributed by atoms with van der Waals surface area (Å²) in [5.41, 5.74) is 6.31. The molecule has 1 aromatic rings. The van der Waals surface area contributed by atoms with Gasteiger partial charge in [-0.15, -0.1) is 0 Å². The summed E-state index contributed by atoms with van der Waals surface area (Å²) in [5, 5.41) is 3.25. The summed E-state index contributed by atoms with van der Waals surface area (Å²) in [6, 6.07) is 2.94.